The normalized spacial score (nSPS) is 14.4. The van der Waals surface area contributed by atoms with Crippen molar-refractivity contribution in [3.8, 4) is 11.5 Å². The summed E-state index contributed by atoms with van der Waals surface area (Å²) in [6.07, 6.45) is -0.538. The van der Waals surface area contributed by atoms with Crippen molar-refractivity contribution in [3.05, 3.63) is 85.0 Å². The molecule has 3 aromatic carbocycles. The van der Waals surface area contributed by atoms with Crippen LogP contribution in [0.3, 0.4) is 0 Å². The van der Waals surface area contributed by atoms with Gasteiger partial charge in [0, 0.05) is 57.6 Å². The third-order valence-electron chi connectivity index (χ3n) is 11.6. The van der Waals surface area contributed by atoms with E-state index < -0.39 is 75.1 Å². The van der Waals surface area contributed by atoms with E-state index in [1.807, 2.05) is 36.4 Å². The van der Waals surface area contributed by atoms with Gasteiger partial charge in [-0.1, -0.05) is 18.2 Å². The number of aliphatic carboxylic acids is 1. The average Bonchev–Trinajstić information content (AvgIpc) is 3.61. The number of rotatable bonds is 21. The number of aliphatic imine (C=N–C) groups is 1. The van der Waals surface area contributed by atoms with E-state index in [0.29, 0.717) is 43.6 Å². The number of amides is 5. The Hall–Kier alpha value is -6.17. The number of carbonyl (C=O) groups is 6. The molecule has 22 heteroatoms. The highest BCUT2D eigenvalue weighted by Crippen LogP contribution is 2.43. The van der Waals surface area contributed by atoms with Gasteiger partial charge >= 0.3 is 12.1 Å². The highest BCUT2D eigenvalue weighted by atomic mass is 127. The second kappa shape index (κ2) is 24.3. The average molecular weight is 1120 g/mol. The Bertz CT molecular complexity index is 2630. The Labute approximate surface area is 428 Å². The molecule has 3 unspecified atom stereocenters. The first-order chi connectivity index (χ1) is 33.0. The number of nitrogens with zero attached hydrogens (tertiary/aromatic N) is 2. The summed E-state index contributed by atoms with van der Waals surface area (Å²) in [5, 5.41) is 31.0. The number of ether oxygens (including phenoxy) is 2. The molecule has 3 aromatic rings. The van der Waals surface area contributed by atoms with Crippen LogP contribution in [0.4, 0.5) is 4.79 Å². The van der Waals surface area contributed by atoms with Crippen molar-refractivity contribution in [2.45, 2.75) is 142 Å². The molecule has 5 amide bonds. The fraction of sp³-hybridized carbons (Fsp3) is 0.490. The van der Waals surface area contributed by atoms with Gasteiger partial charge in [-0.15, -0.1) is 0 Å². The van der Waals surface area contributed by atoms with Crippen LogP contribution in [0.1, 0.15) is 111 Å². The van der Waals surface area contributed by atoms with Crippen LogP contribution in [0.25, 0.3) is 0 Å². The van der Waals surface area contributed by atoms with Crippen LogP contribution in [-0.4, -0.2) is 115 Å². The Balaban J connectivity index is 1.51. The number of guanidine groups is 1. The number of carboxylic acid groups (broad SMARTS) is 1. The molecule has 1 aliphatic heterocycles. The number of nitrogens with one attached hydrogen (secondary N) is 5. The summed E-state index contributed by atoms with van der Waals surface area (Å²) in [5.74, 6) is -3.32. The molecule has 0 aromatic heterocycles. The number of benzene rings is 3. The highest BCUT2D eigenvalue weighted by Gasteiger charge is 2.38. The van der Waals surface area contributed by atoms with E-state index in [4.69, 9.17) is 15.2 Å². The number of hydrogen-bond acceptors (Lipinski definition) is 12. The third-order valence-corrected chi connectivity index (χ3v) is 14.1. The van der Waals surface area contributed by atoms with Gasteiger partial charge in [0.2, 0.25) is 23.7 Å². The molecule has 0 saturated heterocycles. The lowest BCUT2D eigenvalue weighted by atomic mass is 9.94. The van der Waals surface area contributed by atoms with E-state index in [2.05, 4.69) is 31.0 Å². The van der Waals surface area contributed by atoms with Crippen molar-refractivity contribution >= 4 is 74.3 Å². The molecule has 4 rings (SSSR count). The fourth-order valence-corrected chi connectivity index (χ4v) is 10.1. The van der Waals surface area contributed by atoms with Crippen molar-refractivity contribution in [1.82, 2.24) is 30.9 Å². The predicted molar refractivity (Wildman–Crippen MR) is 274 cm³/mol. The molecule has 1 heterocycles. The smallest absolute Gasteiger partial charge is 0.408 e. The van der Waals surface area contributed by atoms with Gasteiger partial charge in [-0.05, 0) is 156 Å². The number of halogens is 1. The molecule has 0 fully saturated rings. The zero-order valence-corrected chi connectivity index (χ0v) is 44.8. The van der Waals surface area contributed by atoms with Crippen LogP contribution < -0.4 is 36.5 Å². The molecule has 0 radical (unpaired) electrons. The zero-order chi connectivity index (χ0) is 53.2. The number of phenols is 1. The number of carboxylic acids is 1. The number of nitrogens with two attached hydrogens (primary N) is 1. The second-order valence-corrected chi connectivity index (χ2v) is 21.9. The molecule has 1 aliphatic rings. The summed E-state index contributed by atoms with van der Waals surface area (Å²) in [6.45, 7) is 15.6. The summed E-state index contributed by atoms with van der Waals surface area (Å²) < 4.78 is 41.8. The maximum absolute atomic E-state index is 14.4. The molecule has 0 saturated carbocycles. The van der Waals surface area contributed by atoms with E-state index in [1.165, 1.54) is 20.0 Å². The Morgan fingerprint density at radius 3 is 2.18 bits per heavy atom. The zero-order valence-electron chi connectivity index (χ0n) is 41.9. The van der Waals surface area contributed by atoms with Gasteiger partial charge < -0.3 is 51.6 Å². The molecule has 0 bridgehead atoms. The van der Waals surface area contributed by atoms with Crippen molar-refractivity contribution in [2.75, 3.05) is 20.1 Å². The van der Waals surface area contributed by atoms with Crippen molar-refractivity contribution < 1.29 is 56.9 Å². The van der Waals surface area contributed by atoms with Crippen molar-refractivity contribution in [2.24, 2.45) is 10.7 Å². The number of fused-ring (bicyclic) bond motifs is 1. The molecule has 3 atom stereocenters. The first-order valence-corrected chi connectivity index (χ1v) is 25.6. The summed E-state index contributed by atoms with van der Waals surface area (Å²) >= 11 is 1.92. The van der Waals surface area contributed by atoms with Crippen molar-refractivity contribution in [3.63, 3.8) is 0 Å². The number of carbonyl (C=O) groups excluding carboxylic acids is 5. The number of alkyl carbamates (subject to hydrolysis) is 1. The molecule has 9 N–H and O–H groups in total. The van der Waals surface area contributed by atoms with Crippen LogP contribution in [0.15, 0.2) is 52.4 Å². The van der Waals surface area contributed by atoms with E-state index in [1.54, 1.807) is 77.9 Å². The minimum Gasteiger partial charge on any atom is -0.507 e. The number of aromatic hydroxyl groups is 1. The lowest BCUT2D eigenvalue weighted by Crippen LogP contribution is -2.57. The quantitative estimate of drug-likeness (QED) is 0.0318. The van der Waals surface area contributed by atoms with Gasteiger partial charge in [0.25, 0.3) is 15.9 Å². The fourth-order valence-electron chi connectivity index (χ4n) is 7.95. The first-order valence-electron chi connectivity index (χ1n) is 23.0. The molecule has 71 heavy (non-hydrogen) atoms. The molecule has 0 aliphatic carbocycles. The molecule has 0 spiro atoms. The standard InChI is InChI=1S/C49H67IN8O12S/c1-27-28(2)41(29(3)34-25-49(8,9)69-40(27)34)71(67,68)57-46(51)53-22-11-13-36(45(64)65)55-43(62)38(14-12-21-52-42(61)33-18-15-31(16-19-33)26-54-30(4)59)58(10)44(63)37(56-47(66)70-48(5,6)7)24-32-17-20-39(60)35(50)23-32/h15-20,23,36-38,60H,11-14,21-22,24-26H2,1-10H3,(H,52,61)(H,54,59)(H,55,62)(H,56,66)(H,64,65)(H3,51,53,57). The monoisotopic (exact) mass is 1120 g/mol. The summed E-state index contributed by atoms with van der Waals surface area (Å²) in [4.78, 5) is 84.0. The topological polar surface area (TPSA) is 297 Å². The Morgan fingerprint density at radius 2 is 1.58 bits per heavy atom. The van der Waals surface area contributed by atoms with Gasteiger partial charge in [-0.3, -0.25) is 24.2 Å². The summed E-state index contributed by atoms with van der Waals surface area (Å²) in [6, 6.07) is 7.13. The van der Waals surface area contributed by atoms with Crippen LogP contribution >= 0.6 is 22.6 Å². The van der Waals surface area contributed by atoms with Gasteiger partial charge in [0.15, 0.2) is 0 Å². The maximum atomic E-state index is 14.4. The van der Waals surface area contributed by atoms with E-state index in [0.717, 1.165) is 16.0 Å². The Morgan fingerprint density at radius 1 is 0.930 bits per heavy atom. The van der Waals surface area contributed by atoms with E-state index >= 15 is 0 Å². The molecule has 388 valence electrons. The number of phenolic OH excluding ortho intramolecular Hbond substituents is 1. The van der Waals surface area contributed by atoms with Gasteiger partial charge in [-0.2, -0.15) is 0 Å². The van der Waals surface area contributed by atoms with Gasteiger partial charge in [0.05, 0.1) is 8.47 Å². The maximum Gasteiger partial charge on any atom is 0.408 e. The first kappa shape index (κ1) is 57.4. The molecular weight excluding hydrogens is 1050 g/mol. The third kappa shape index (κ3) is 16.4. The predicted octanol–water partition coefficient (Wildman–Crippen LogP) is 4.39. The Kier molecular flexibility index (Phi) is 19.6. The molecular formula is C49H67IN8O12S. The SMILES string of the molecule is CC(=O)NCc1ccc(C(=O)NCCCC(C(=O)NC(CCCN=C(N)NS(=O)(=O)c2c(C)c(C)c3c(c2C)CC(C)(C)O3)C(=O)O)N(C)C(=O)C(Cc2ccc(O)c(I)c2)NC(=O)OC(C)(C)C)cc1. The van der Waals surface area contributed by atoms with Crippen molar-refractivity contribution in [1.29, 1.82) is 0 Å². The van der Waals surface area contributed by atoms with Gasteiger partial charge in [0.1, 0.15) is 40.8 Å². The lowest BCUT2D eigenvalue weighted by Gasteiger charge is -2.32. The van der Waals surface area contributed by atoms with Crippen LogP contribution in [0.5, 0.6) is 11.5 Å². The summed E-state index contributed by atoms with van der Waals surface area (Å²) in [7, 11) is -2.87. The second-order valence-electron chi connectivity index (χ2n) is 19.1. The minimum atomic E-state index is -4.21. The largest absolute Gasteiger partial charge is 0.507 e. The van der Waals surface area contributed by atoms with E-state index in [-0.39, 0.29) is 68.3 Å². The van der Waals surface area contributed by atoms with Crippen LogP contribution in [0.2, 0.25) is 0 Å². The number of hydrogen-bond donors (Lipinski definition) is 8. The number of likely N-dealkylation sites (N-methyl/N-ethyl adjacent to an activating group) is 1. The summed E-state index contributed by atoms with van der Waals surface area (Å²) in [5.41, 5.74) is 8.83. The molecule has 20 nitrogen and oxygen atoms in total. The minimum absolute atomic E-state index is 0.0105. The van der Waals surface area contributed by atoms with Crippen LogP contribution in [0, 0.1) is 24.3 Å². The van der Waals surface area contributed by atoms with Crippen LogP contribution in [-0.2, 0) is 53.3 Å². The highest BCUT2D eigenvalue weighted by molar-refractivity contribution is 14.1. The number of sulfonamides is 1. The van der Waals surface area contributed by atoms with E-state index in [9.17, 15) is 47.4 Å². The lowest BCUT2D eigenvalue weighted by molar-refractivity contribution is -0.145. The van der Waals surface area contributed by atoms with Gasteiger partial charge in [-0.25, -0.2) is 22.7 Å².